The van der Waals surface area contributed by atoms with E-state index in [1.165, 1.54) is 19.3 Å². The number of allylic oxidation sites excluding steroid dienone is 2. The van der Waals surface area contributed by atoms with Gasteiger partial charge in [-0.25, -0.2) is 0 Å². The zero-order valence-electron chi connectivity index (χ0n) is 14.0. The van der Waals surface area contributed by atoms with Gasteiger partial charge in [-0.05, 0) is 37.1 Å². The molecule has 1 N–H and O–H groups in total. The lowest BCUT2D eigenvalue weighted by Crippen LogP contribution is -2.29. The van der Waals surface area contributed by atoms with E-state index < -0.39 is 0 Å². The van der Waals surface area contributed by atoms with Gasteiger partial charge in [0.05, 0.1) is 11.2 Å². The van der Waals surface area contributed by atoms with Crippen LogP contribution in [-0.2, 0) is 0 Å². The van der Waals surface area contributed by atoms with E-state index in [0.717, 1.165) is 18.4 Å². The molecule has 1 aromatic carbocycles. The third kappa shape index (κ3) is 2.97. The average Bonchev–Trinajstić information content (AvgIpc) is 3.16. The molecule has 1 fully saturated rings. The number of nitrogens with one attached hydrogen (secondary N) is 1. The van der Waals surface area contributed by atoms with E-state index in [-0.39, 0.29) is 16.9 Å². The van der Waals surface area contributed by atoms with E-state index in [4.69, 9.17) is 0 Å². The standard InChI is InChI=1S/C21H20N2O2/c24-20-17-12-6-7-13-19(17)23(16-10-2-1-3-11-16)14-18(20)21(25)22-15-8-4-5-9-15/h4-8,12-14,16H,1-3,10-11H2,(H,22,25). The average molecular weight is 332 g/mol. The molecule has 0 saturated heterocycles. The Morgan fingerprint density at radius 3 is 2.72 bits per heavy atom. The Balaban J connectivity index is 1.82. The number of aromatic nitrogens is 1. The van der Waals surface area contributed by atoms with E-state index in [1.54, 1.807) is 24.4 Å². The molecule has 0 spiro atoms. The van der Waals surface area contributed by atoms with Crippen LogP contribution >= 0.6 is 0 Å². The molecule has 0 aliphatic heterocycles. The Kier molecular flexibility index (Phi) is 4.12. The van der Waals surface area contributed by atoms with E-state index in [0.29, 0.717) is 17.1 Å². The van der Waals surface area contributed by atoms with E-state index in [1.807, 2.05) is 24.3 Å². The monoisotopic (exact) mass is 332 g/mol. The zero-order chi connectivity index (χ0) is 17.2. The molecular formula is C21H20N2O2. The molecule has 1 saturated carbocycles. The number of para-hydroxylation sites is 1. The number of pyridine rings is 1. The fraction of sp³-hybridized carbons (Fsp3) is 0.286. The fourth-order valence-corrected chi connectivity index (χ4v) is 3.72. The van der Waals surface area contributed by atoms with Crippen molar-refractivity contribution >= 4 is 16.8 Å². The molecule has 2 aromatic rings. The third-order valence-corrected chi connectivity index (χ3v) is 5.00. The van der Waals surface area contributed by atoms with Gasteiger partial charge in [0.1, 0.15) is 5.56 Å². The molecule has 0 bridgehead atoms. The second-order valence-corrected chi connectivity index (χ2v) is 6.63. The predicted octanol–water partition coefficient (Wildman–Crippen LogP) is 3.85. The first-order chi connectivity index (χ1) is 12.2. The number of carbonyl (C=O) groups is 1. The van der Waals surface area contributed by atoms with Crippen molar-refractivity contribution in [3.63, 3.8) is 0 Å². The molecule has 126 valence electrons. The van der Waals surface area contributed by atoms with Crippen molar-refractivity contribution in [1.29, 1.82) is 0 Å². The topological polar surface area (TPSA) is 51.1 Å². The molecule has 2 aliphatic rings. The minimum atomic E-state index is -0.372. The quantitative estimate of drug-likeness (QED) is 0.868. The van der Waals surface area contributed by atoms with Crippen LogP contribution in [-0.4, -0.2) is 10.5 Å². The Bertz CT molecular complexity index is 985. The van der Waals surface area contributed by atoms with Crippen LogP contribution < -0.4 is 10.7 Å². The smallest absolute Gasteiger partial charge is 0.261 e. The molecule has 2 aliphatic carbocycles. The van der Waals surface area contributed by atoms with Crippen LogP contribution in [0.1, 0.15) is 48.5 Å². The second kappa shape index (κ2) is 6.58. The molecule has 0 radical (unpaired) electrons. The summed E-state index contributed by atoms with van der Waals surface area (Å²) in [6.45, 7) is 0. The van der Waals surface area contributed by atoms with Gasteiger partial charge < -0.3 is 9.88 Å². The van der Waals surface area contributed by atoms with Crippen LogP contribution in [0.15, 0.2) is 64.9 Å². The van der Waals surface area contributed by atoms with Crippen molar-refractivity contribution in [2.24, 2.45) is 0 Å². The molecule has 4 heteroatoms. The van der Waals surface area contributed by atoms with Crippen molar-refractivity contribution in [2.75, 3.05) is 0 Å². The van der Waals surface area contributed by atoms with Crippen molar-refractivity contribution < 1.29 is 4.79 Å². The summed E-state index contributed by atoms with van der Waals surface area (Å²) < 4.78 is 2.14. The van der Waals surface area contributed by atoms with Crippen molar-refractivity contribution in [2.45, 2.75) is 38.1 Å². The number of hydrogen-bond donors (Lipinski definition) is 1. The third-order valence-electron chi connectivity index (χ3n) is 5.00. The largest absolute Gasteiger partial charge is 0.343 e. The van der Waals surface area contributed by atoms with Gasteiger partial charge in [0.2, 0.25) is 5.43 Å². The molecule has 0 unspecified atom stereocenters. The van der Waals surface area contributed by atoms with Crippen molar-refractivity contribution in [1.82, 2.24) is 9.88 Å². The summed E-state index contributed by atoms with van der Waals surface area (Å²) in [7, 11) is 0. The van der Waals surface area contributed by atoms with Gasteiger partial charge in [-0.1, -0.05) is 43.2 Å². The second-order valence-electron chi connectivity index (χ2n) is 6.63. The van der Waals surface area contributed by atoms with E-state index in [9.17, 15) is 9.59 Å². The molecular weight excluding hydrogens is 312 g/mol. The highest BCUT2D eigenvalue weighted by atomic mass is 16.2. The summed E-state index contributed by atoms with van der Waals surface area (Å²) in [6, 6.07) is 7.92. The normalized spacial score (nSPS) is 17.0. The predicted molar refractivity (Wildman–Crippen MR) is 98.5 cm³/mol. The fourth-order valence-electron chi connectivity index (χ4n) is 3.72. The van der Waals surface area contributed by atoms with Crippen LogP contribution in [0.4, 0.5) is 0 Å². The number of carbonyl (C=O) groups excluding carboxylic acids is 1. The summed E-state index contributed by atoms with van der Waals surface area (Å²) >= 11 is 0. The van der Waals surface area contributed by atoms with E-state index >= 15 is 0 Å². The van der Waals surface area contributed by atoms with Gasteiger partial charge in [0.15, 0.2) is 0 Å². The van der Waals surface area contributed by atoms with Gasteiger partial charge >= 0.3 is 0 Å². The first-order valence-corrected chi connectivity index (χ1v) is 8.82. The van der Waals surface area contributed by atoms with Gasteiger partial charge in [-0.2, -0.15) is 0 Å². The van der Waals surface area contributed by atoms with Gasteiger partial charge in [-0.15, -0.1) is 0 Å². The van der Waals surface area contributed by atoms with Crippen LogP contribution in [0.5, 0.6) is 0 Å². The molecule has 4 rings (SSSR count). The van der Waals surface area contributed by atoms with Crippen LogP contribution in [0.25, 0.3) is 10.9 Å². The van der Waals surface area contributed by atoms with Gasteiger partial charge in [-0.3, -0.25) is 9.59 Å². The van der Waals surface area contributed by atoms with Gasteiger partial charge in [0, 0.05) is 17.6 Å². The number of amides is 1. The van der Waals surface area contributed by atoms with Crippen molar-refractivity contribution in [3.05, 3.63) is 75.9 Å². The molecule has 25 heavy (non-hydrogen) atoms. The minimum Gasteiger partial charge on any atom is -0.343 e. The molecule has 1 heterocycles. The molecule has 0 atom stereocenters. The number of benzene rings is 1. The lowest BCUT2D eigenvalue weighted by molar-refractivity contribution is 0.0965. The maximum Gasteiger partial charge on any atom is 0.261 e. The molecule has 4 nitrogen and oxygen atoms in total. The van der Waals surface area contributed by atoms with Crippen LogP contribution in [0.3, 0.4) is 0 Å². The molecule has 1 amide bonds. The molecule has 1 aromatic heterocycles. The first-order valence-electron chi connectivity index (χ1n) is 8.82. The number of nitrogens with zero attached hydrogens (tertiary/aromatic N) is 1. The van der Waals surface area contributed by atoms with Crippen LogP contribution in [0, 0.1) is 0 Å². The summed E-state index contributed by atoms with van der Waals surface area (Å²) in [5.41, 5.74) is 4.41. The zero-order valence-corrected chi connectivity index (χ0v) is 14.0. The maximum atomic E-state index is 12.8. The number of fused-ring (bicyclic) bond motifs is 1. The minimum absolute atomic E-state index is 0.193. The summed E-state index contributed by atoms with van der Waals surface area (Å²) in [5.74, 6) is -0.372. The van der Waals surface area contributed by atoms with Gasteiger partial charge in [0.25, 0.3) is 5.91 Å². The number of hydrogen-bond acceptors (Lipinski definition) is 2. The van der Waals surface area contributed by atoms with Crippen molar-refractivity contribution in [3.8, 4) is 0 Å². The lowest BCUT2D eigenvalue weighted by Gasteiger charge is -2.26. The lowest BCUT2D eigenvalue weighted by atomic mass is 9.94. The first kappa shape index (κ1) is 15.7. The Morgan fingerprint density at radius 1 is 1.16 bits per heavy atom. The van der Waals surface area contributed by atoms with E-state index in [2.05, 4.69) is 15.6 Å². The summed E-state index contributed by atoms with van der Waals surface area (Å²) in [4.78, 5) is 25.5. The SMILES string of the molecule is O=C(NC1=C=CC=C1)c1cn(C2CCCCC2)c2ccccc2c1=O. The maximum absolute atomic E-state index is 12.8. The Hall–Kier alpha value is -2.84. The highest BCUT2D eigenvalue weighted by Crippen LogP contribution is 2.30. The Labute approximate surface area is 146 Å². The highest BCUT2D eigenvalue weighted by Gasteiger charge is 2.21. The van der Waals surface area contributed by atoms with Crippen LogP contribution in [0.2, 0.25) is 0 Å². The highest BCUT2D eigenvalue weighted by molar-refractivity contribution is 5.98. The number of rotatable bonds is 3. The Morgan fingerprint density at radius 2 is 1.96 bits per heavy atom. The summed E-state index contributed by atoms with van der Waals surface area (Å²) in [6.07, 6.45) is 12.9. The summed E-state index contributed by atoms with van der Waals surface area (Å²) in [5, 5.41) is 3.37.